The number of nitrogens with one attached hydrogen (secondary N) is 2. The van der Waals surface area contributed by atoms with Gasteiger partial charge in [-0.25, -0.2) is 4.98 Å². The first kappa shape index (κ1) is 24.8. The number of nitrogens with zero attached hydrogens (tertiary/aromatic N) is 1. The number of carbonyl (C=O) groups excluding carboxylic acids is 2. The molecule has 0 fully saturated rings. The number of benzene rings is 4. The van der Waals surface area contributed by atoms with E-state index in [-0.39, 0.29) is 17.1 Å². The van der Waals surface area contributed by atoms with Gasteiger partial charge in [-0.15, -0.1) is 11.8 Å². The Labute approximate surface area is 223 Å². The van der Waals surface area contributed by atoms with Crippen molar-refractivity contribution in [3.8, 4) is 5.75 Å². The predicted octanol–water partition coefficient (Wildman–Crippen LogP) is 7.22. The second-order valence-corrected chi connectivity index (χ2v) is 10.7. The molecule has 8 heteroatoms. The van der Waals surface area contributed by atoms with Crippen molar-refractivity contribution < 1.29 is 14.3 Å². The number of amides is 2. The van der Waals surface area contributed by atoms with Crippen molar-refractivity contribution >= 4 is 66.7 Å². The maximum atomic E-state index is 13.0. The van der Waals surface area contributed by atoms with Crippen LogP contribution in [0.15, 0.2) is 89.8 Å². The highest BCUT2D eigenvalue weighted by Gasteiger charge is 2.20. The number of rotatable bonds is 8. The average Bonchev–Trinajstić information content (AvgIpc) is 3.32. The summed E-state index contributed by atoms with van der Waals surface area (Å²) in [7, 11) is 1.62. The molecule has 1 aromatic heterocycles. The molecule has 4 aromatic carbocycles. The molecule has 1 unspecified atom stereocenters. The molecule has 0 saturated heterocycles. The van der Waals surface area contributed by atoms with E-state index in [1.165, 1.54) is 23.1 Å². The lowest BCUT2D eigenvalue weighted by Crippen LogP contribution is -2.24. The molecule has 5 aromatic rings. The molecule has 37 heavy (non-hydrogen) atoms. The Morgan fingerprint density at radius 2 is 1.78 bits per heavy atom. The highest BCUT2D eigenvalue weighted by atomic mass is 32.2. The largest absolute Gasteiger partial charge is 0.497 e. The number of aromatic nitrogens is 1. The molecule has 0 radical (unpaired) electrons. The van der Waals surface area contributed by atoms with Gasteiger partial charge in [0.2, 0.25) is 5.91 Å². The van der Waals surface area contributed by atoms with Crippen LogP contribution in [-0.4, -0.2) is 29.2 Å². The Balaban J connectivity index is 1.25. The molecule has 0 aliphatic rings. The van der Waals surface area contributed by atoms with Crippen LogP contribution in [-0.2, 0) is 4.79 Å². The van der Waals surface area contributed by atoms with Crippen LogP contribution in [0.3, 0.4) is 0 Å². The molecule has 186 valence electrons. The topological polar surface area (TPSA) is 80.3 Å². The lowest BCUT2D eigenvalue weighted by atomic mass is 10.1. The zero-order valence-corrected chi connectivity index (χ0v) is 22.0. The van der Waals surface area contributed by atoms with Crippen molar-refractivity contribution in [1.82, 2.24) is 4.98 Å². The fourth-order valence-corrected chi connectivity index (χ4v) is 5.85. The zero-order valence-electron chi connectivity index (χ0n) is 20.4. The second-order valence-electron chi connectivity index (χ2n) is 8.40. The zero-order chi connectivity index (χ0) is 25.8. The molecule has 5 rings (SSSR count). The molecule has 2 amide bonds. The lowest BCUT2D eigenvalue weighted by molar-refractivity contribution is -0.115. The summed E-state index contributed by atoms with van der Waals surface area (Å²) >= 11 is 2.88. The minimum atomic E-state index is -0.312. The molecular weight excluding hydrogens is 502 g/mol. The van der Waals surface area contributed by atoms with Gasteiger partial charge in [-0.2, -0.15) is 0 Å². The van der Waals surface area contributed by atoms with Crippen molar-refractivity contribution in [1.29, 1.82) is 0 Å². The van der Waals surface area contributed by atoms with Crippen molar-refractivity contribution in [2.75, 3.05) is 17.7 Å². The Bertz CT molecular complexity index is 1600. The number of ether oxygens (including phenoxy) is 1. The van der Waals surface area contributed by atoms with Gasteiger partial charge in [0.05, 0.1) is 22.6 Å². The molecule has 6 nitrogen and oxygen atoms in total. The number of fused-ring (bicyclic) bond motifs is 2. The molecule has 1 heterocycles. The number of methoxy groups -OCH3 is 1. The average molecular weight is 528 g/mol. The fourth-order valence-electron chi connectivity index (χ4n) is 3.94. The van der Waals surface area contributed by atoms with Gasteiger partial charge in [0.25, 0.3) is 5.91 Å². The van der Waals surface area contributed by atoms with Gasteiger partial charge < -0.3 is 15.4 Å². The van der Waals surface area contributed by atoms with E-state index in [0.717, 1.165) is 31.6 Å². The van der Waals surface area contributed by atoms with Crippen molar-refractivity contribution in [2.24, 2.45) is 0 Å². The van der Waals surface area contributed by atoms with Gasteiger partial charge in [0.1, 0.15) is 5.75 Å². The predicted molar refractivity (Wildman–Crippen MR) is 153 cm³/mol. The summed E-state index contributed by atoms with van der Waals surface area (Å²) in [6.07, 6.45) is 0.642. The normalized spacial score (nSPS) is 11.8. The highest BCUT2D eigenvalue weighted by molar-refractivity contribution is 8.00. The highest BCUT2D eigenvalue weighted by Crippen LogP contribution is 2.32. The molecule has 1 atom stereocenters. The Morgan fingerprint density at radius 3 is 2.59 bits per heavy atom. The first-order valence-electron chi connectivity index (χ1n) is 11.8. The van der Waals surface area contributed by atoms with Crippen LogP contribution < -0.4 is 15.4 Å². The Kier molecular flexibility index (Phi) is 7.39. The Morgan fingerprint density at radius 1 is 0.946 bits per heavy atom. The van der Waals surface area contributed by atoms with Crippen molar-refractivity contribution in [3.05, 3.63) is 90.5 Å². The van der Waals surface area contributed by atoms with Gasteiger partial charge in [-0.1, -0.05) is 54.7 Å². The smallest absolute Gasteiger partial charge is 0.255 e. The van der Waals surface area contributed by atoms with Crippen LogP contribution in [0, 0.1) is 0 Å². The maximum absolute atomic E-state index is 13.0. The van der Waals surface area contributed by atoms with Crippen LogP contribution in [0.4, 0.5) is 10.8 Å². The first-order chi connectivity index (χ1) is 18.0. The minimum Gasteiger partial charge on any atom is -0.497 e. The summed E-state index contributed by atoms with van der Waals surface area (Å²) in [5.41, 5.74) is 2.09. The van der Waals surface area contributed by atoms with Crippen molar-refractivity contribution in [3.63, 3.8) is 0 Å². The molecule has 0 aliphatic heterocycles. The van der Waals surface area contributed by atoms with Crippen LogP contribution in [0.1, 0.15) is 23.7 Å². The number of thioether (sulfide) groups is 1. The number of anilines is 2. The van der Waals surface area contributed by atoms with E-state index in [1.807, 2.05) is 91.9 Å². The summed E-state index contributed by atoms with van der Waals surface area (Å²) in [5, 5.41) is 8.29. The SMILES string of the molecule is CCC(Sc1cccc(NC(=O)c2ccc3ccccc3c2)c1)C(=O)Nc1nc2ccc(OC)cc2s1. The Hall–Kier alpha value is -3.88. The van der Waals surface area contributed by atoms with E-state index in [9.17, 15) is 9.59 Å². The van der Waals surface area contributed by atoms with Crippen LogP contribution >= 0.6 is 23.1 Å². The van der Waals surface area contributed by atoms with Crippen LogP contribution in [0.5, 0.6) is 5.75 Å². The quantitative estimate of drug-likeness (QED) is 0.208. The van der Waals surface area contributed by atoms with E-state index in [2.05, 4.69) is 15.6 Å². The number of carbonyl (C=O) groups is 2. The summed E-state index contributed by atoms with van der Waals surface area (Å²) < 4.78 is 6.22. The third-order valence-corrected chi connectivity index (χ3v) is 8.16. The number of thiazole rings is 1. The van der Waals surface area contributed by atoms with E-state index in [0.29, 0.717) is 22.8 Å². The van der Waals surface area contributed by atoms with Gasteiger partial charge >= 0.3 is 0 Å². The molecule has 2 N–H and O–H groups in total. The van der Waals surface area contributed by atoms with E-state index < -0.39 is 0 Å². The summed E-state index contributed by atoms with van der Waals surface area (Å²) in [6.45, 7) is 1.98. The molecule has 0 spiro atoms. The third-order valence-electron chi connectivity index (χ3n) is 5.87. The molecule has 0 saturated carbocycles. The fraction of sp³-hybridized carbons (Fsp3) is 0.138. The summed E-state index contributed by atoms with van der Waals surface area (Å²) in [4.78, 5) is 31.3. The molecule has 0 aliphatic carbocycles. The van der Waals surface area contributed by atoms with Crippen molar-refractivity contribution in [2.45, 2.75) is 23.5 Å². The van der Waals surface area contributed by atoms with E-state index in [1.54, 1.807) is 7.11 Å². The second kappa shape index (κ2) is 11.0. The van der Waals surface area contributed by atoms with Gasteiger partial charge in [-0.3, -0.25) is 9.59 Å². The minimum absolute atomic E-state index is 0.107. The third kappa shape index (κ3) is 5.76. The standard InChI is InChI=1S/C29H25N3O3S2/c1-3-25(28(34)32-29-31-24-14-13-22(35-2)17-26(24)37-29)36-23-10-6-9-21(16-23)30-27(33)20-12-11-18-7-4-5-8-19(18)15-20/h4-17,25H,3H2,1-2H3,(H,30,33)(H,31,32,34). The van der Waals surface area contributed by atoms with Gasteiger partial charge in [0.15, 0.2) is 5.13 Å². The number of hydrogen-bond acceptors (Lipinski definition) is 6. The molecular formula is C29H25N3O3S2. The van der Waals surface area contributed by atoms with E-state index in [4.69, 9.17) is 4.74 Å². The van der Waals surface area contributed by atoms with E-state index >= 15 is 0 Å². The van der Waals surface area contributed by atoms with Crippen LogP contribution in [0.2, 0.25) is 0 Å². The lowest BCUT2D eigenvalue weighted by Gasteiger charge is -2.14. The van der Waals surface area contributed by atoms with Gasteiger partial charge in [0, 0.05) is 16.1 Å². The summed E-state index contributed by atoms with van der Waals surface area (Å²) in [6, 6.07) is 26.8. The monoisotopic (exact) mass is 527 g/mol. The molecule has 0 bridgehead atoms. The van der Waals surface area contributed by atoms with Gasteiger partial charge in [-0.05, 0) is 65.7 Å². The number of hydrogen-bond donors (Lipinski definition) is 2. The maximum Gasteiger partial charge on any atom is 0.255 e. The first-order valence-corrected chi connectivity index (χ1v) is 13.5. The van der Waals surface area contributed by atoms with Crippen LogP contribution in [0.25, 0.3) is 21.0 Å². The summed E-state index contributed by atoms with van der Waals surface area (Å²) in [5.74, 6) is 0.470.